The SMILES string of the molecule is CN1CC[C@H](NC(=O)O)[C@H](NC(C=O)NC(=O)c2cc(C(F)(F)F)ccc2N)C1. The molecule has 1 aromatic carbocycles. The molecule has 1 aliphatic heterocycles. The summed E-state index contributed by atoms with van der Waals surface area (Å²) in [5.74, 6) is -0.967. The van der Waals surface area contributed by atoms with Crippen LogP contribution in [0.1, 0.15) is 22.3 Å². The van der Waals surface area contributed by atoms with Gasteiger partial charge >= 0.3 is 12.3 Å². The Morgan fingerprint density at radius 2 is 2.03 bits per heavy atom. The van der Waals surface area contributed by atoms with Crippen molar-refractivity contribution in [1.29, 1.82) is 0 Å². The van der Waals surface area contributed by atoms with Crippen molar-refractivity contribution in [1.82, 2.24) is 20.9 Å². The fourth-order valence-corrected chi connectivity index (χ4v) is 3.11. The van der Waals surface area contributed by atoms with Crippen LogP contribution in [0, 0.1) is 0 Å². The normalized spacial score (nSPS) is 21.2. The van der Waals surface area contributed by atoms with Crippen LogP contribution in [-0.2, 0) is 11.0 Å². The number of rotatable bonds is 6. The predicted octanol–water partition coefficient (Wildman–Crippen LogP) is 0.472. The number of anilines is 1. The number of halogens is 3. The van der Waals surface area contributed by atoms with Gasteiger partial charge in [0, 0.05) is 18.3 Å². The summed E-state index contributed by atoms with van der Waals surface area (Å²) in [7, 11) is 1.81. The molecule has 1 aromatic rings. The summed E-state index contributed by atoms with van der Waals surface area (Å²) in [6.45, 7) is 1.01. The van der Waals surface area contributed by atoms with E-state index in [4.69, 9.17) is 10.8 Å². The molecule has 1 fully saturated rings. The lowest BCUT2D eigenvalue weighted by atomic mass is 9.99. The average molecular weight is 417 g/mol. The number of aldehydes is 1. The Kier molecular flexibility index (Phi) is 7.03. The molecule has 0 radical (unpaired) electrons. The number of carbonyl (C=O) groups excluding carboxylic acids is 2. The van der Waals surface area contributed by atoms with Crippen molar-refractivity contribution in [3.05, 3.63) is 29.3 Å². The Morgan fingerprint density at radius 3 is 2.62 bits per heavy atom. The number of nitrogens with one attached hydrogen (secondary N) is 3. The molecule has 1 heterocycles. The summed E-state index contributed by atoms with van der Waals surface area (Å²) >= 11 is 0. The summed E-state index contributed by atoms with van der Waals surface area (Å²) in [5, 5.41) is 16.4. The molecular formula is C17H22F3N5O4. The van der Waals surface area contributed by atoms with E-state index in [0.717, 1.165) is 12.1 Å². The van der Waals surface area contributed by atoms with Crippen LogP contribution in [-0.4, -0.2) is 66.7 Å². The highest BCUT2D eigenvalue weighted by molar-refractivity contribution is 6.00. The van der Waals surface area contributed by atoms with Crippen molar-refractivity contribution in [2.24, 2.45) is 0 Å². The predicted molar refractivity (Wildman–Crippen MR) is 97.2 cm³/mol. The molecule has 3 atom stereocenters. The number of likely N-dealkylation sites (tertiary alicyclic amines) is 1. The van der Waals surface area contributed by atoms with Crippen LogP contribution in [0.15, 0.2) is 18.2 Å². The standard InChI is InChI=1S/C17H22F3N5O4/c1-25-5-4-12(23-16(28)29)13(7-25)22-14(8-26)24-15(27)10-6-9(17(18,19)20)2-3-11(10)21/h2-3,6,8,12-14,22-23H,4-5,7,21H2,1H3,(H,24,27)(H,28,29)/t12-,13+,14?/m0/s1. The van der Waals surface area contributed by atoms with Gasteiger partial charge in [0.1, 0.15) is 6.17 Å². The fraction of sp³-hybridized carbons (Fsp3) is 0.471. The molecule has 1 aliphatic rings. The number of alkyl halides is 3. The van der Waals surface area contributed by atoms with Gasteiger partial charge in [-0.25, -0.2) is 4.79 Å². The van der Waals surface area contributed by atoms with Gasteiger partial charge in [0.15, 0.2) is 6.29 Å². The largest absolute Gasteiger partial charge is 0.465 e. The maximum Gasteiger partial charge on any atom is 0.416 e. The first-order valence-corrected chi connectivity index (χ1v) is 8.68. The number of amides is 2. The molecule has 0 spiro atoms. The first-order chi connectivity index (χ1) is 13.5. The quantitative estimate of drug-likeness (QED) is 0.258. The minimum atomic E-state index is -4.66. The monoisotopic (exact) mass is 417 g/mol. The Hall–Kier alpha value is -2.86. The van der Waals surface area contributed by atoms with Gasteiger partial charge in [-0.05, 0) is 38.2 Å². The molecule has 12 heteroatoms. The molecule has 1 unspecified atom stereocenters. The van der Waals surface area contributed by atoms with Gasteiger partial charge in [-0.1, -0.05) is 0 Å². The third-order valence-electron chi connectivity index (χ3n) is 4.57. The number of nitrogens with zero attached hydrogens (tertiary/aromatic N) is 1. The summed E-state index contributed by atoms with van der Waals surface area (Å²) in [6, 6.07) is 1.29. The molecule has 29 heavy (non-hydrogen) atoms. The van der Waals surface area contributed by atoms with Crippen molar-refractivity contribution < 1.29 is 32.7 Å². The molecule has 2 amide bonds. The van der Waals surface area contributed by atoms with Gasteiger partial charge in [-0.2, -0.15) is 13.2 Å². The molecule has 6 N–H and O–H groups in total. The molecular weight excluding hydrogens is 395 g/mol. The molecule has 9 nitrogen and oxygen atoms in total. The Bertz CT molecular complexity index is 774. The van der Waals surface area contributed by atoms with E-state index in [0.29, 0.717) is 31.9 Å². The first-order valence-electron chi connectivity index (χ1n) is 8.68. The maximum atomic E-state index is 12.9. The first kappa shape index (κ1) is 22.4. The van der Waals surface area contributed by atoms with Crippen molar-refractivity contribution in [3.8, 4) is 0 Å². The lowest BCUT2D eigenvalue weighted by Gasteiger charge is -2.38. The number of carbonyl (C=O) groups is 3. The molecule has 2 rings (SSSR count). The molecule has 0 aliphatic carbocycles. The van der Waals surface area contributed by atoms with Crippen LogP contribution in [0.4, 0.5) is 23.7 Å². The summed E-state index contributed by atoms with van der Waals surface area (Å²) in [4.78, 5) is 36.7. The average Bonchev–Trinajstić information content (AvgIpc) is 2.62. The third kappa shape index (κ3) is 6.06. The van der Waals surface area contributed by atoms with Crippen molar-refractivity contribution in [2.45, 2.75) is 30.8 Å². The van der Waals surface area contributed by atoms with E-state index < -0.39 is 47.6 Å². The highest BCUT2D eigenvalue weighted by atomic mass is 19.4. The lowest BCUT2D eigenvalue weighted by Crippen LogP contribution is -2.63. The zero-order valence-corrected chi connectivity index (χ0v) is 15.5. The second kappa shape index (κ2) is 9.09. The number of piperidine rings is 1. The van der Waals surface area contributed by atoms with Crippen LogP contribution >= 0.6 is 0 Å². The van der Waals surface area contributed by atoms with Crippen LogP contribution in [0.5, 0.6) is 0 Å². The van der Waals surface area contributed by atoms with Crippen LogP contribution < -0.4 is 21.7 Å². The third-order valence-corrected chi connectivity index (χ3v) is 4.57. The van der Waals surface area contributed by atoms with Crippen molar-refractivity contribution in [3.63, 3.8) is 0 Å². The minimum absolute atomic E-state index is 0.178. The van der Waals surface area contributed by atoms with E-state index in [-0.39, 0.29) is 5.69 Å². The molecule has 0 bridgehead atoms. The van der Waals surface area contributed by atoms with E-state index in [9.17, 15) is 27.6 Å². The van der Waals surface area contributed by atoms with Gasteiger partial charge < -0.3 is 26.4 Å². The maximum absolute atomic E-state index is 12.9. The van der Waals surface area contributed by atoms with Crippen LogP contribution in [0.25, 0.3) is 0 Å². The van der Waals surface area contributed by atoms with E-state index in [1.807, 2.05) is 11.9 Å². The van der Waals surface area contributed by atoms with Gasteiger partial charge in [0.05, 0.1) is 17.2 Å². The molecule has 0 saturated carbocycles. The van der Waals surface area contributed by atoms with E-state index in [1.165, 1.54) is 0 Å². The van der Waals surface area contributed by atoms with Gasteiger partial charge in [0.2, 0.25) is 0 Å². The van der Waals surface area contributed by atoms with E-state index in [1.54, 1.807) is 0 Å². The van der Waals surface area contributed by atoms with Crippen molar-refractivity contribution in [2.75, 3.05) is 25.9 Å². The smallest absolute Gasteiger partial charge is 0.416 e. The number of carboxylic acid groups (broad SMARTS) is 1. The lowest BCUT2D eigenvalue weighted by molar-refractivity contribution is -0.137. The Labute approximate surface area is 164 Å². The van der Waals surface area contributed by atoms with Crippen LogP contribution in [0.3, 0.4) is 0 Å². The zero-order chi connectivity index (χ0) is 21.8. The van der Waals surface area contributed by atoms with Crippen LogP contribution in [0.2, 0.25) is 0 Å². The number of hydrogen-bond acceptors (Lipinski definition) is 6. The zero-order valence-electron chi connectivity index (χ0n) is 15.5. The van der Waals surface area contributed by atoms with Crippen molar-refractivity contribution >= 4 is 24.0 Å². The molecule has 160 valence electrons. The summed E-state index contributed by atoms with van der Waals surface area (Å²) in [6.07, 6.45) is -6.30. The van der Waals surface area contributed by atoms with Gasteiger partial charge in [-0.3, -0.25) is 14.9 Å². The fourth-order valence-electron chi connectivity index (χ4n) is 3.11. The van der Waals surface area contributed by atoms with Gasteiger partial charge in [-0.15, -0.1) is 0 Å². The Balaban J connectivity index is 2.13. The van der Waals surface area contributed by atoms with E-state index >= 15 is 0 Å². The number of benzene rings is 1. The van der Waals surface area contributed by atoms with E-state index in [2.05, 4.69) is 16.0 Å². The molecule has 0 aromatic heterocycles. The second-order valence-electron chi connectivity index (χ2n) is 6.77. The second-order valence-corrected chi connectivity index (χ2v) is 6.77. The number of nitrogens with two attached hydrogens (primary N) is 1. The van der Waals surface area contributed by atoms with Gasteiger partial charge in [0.25, 0.3) is 5.91 Å². The minimum Gasteiger partial charge on any atom is -0.465 e. The highest BCUT2D eigenvalue weighted by Crippen LogP contribution is 2.31. The number of likely N-dealkylation sites (N-methyl/N-ethyl adjacent to an activating group) is 1. The summed E-state index contributed by atoms with van der Waals surface area (Å²) < 4.78 is 38.7. The highest BCUT2D eigenvalue weighted by Gasteiger charge is 2.33. The summed E-state index contributed by atoms with van der Waals surface area (Å²) in [5.41, 5.74) is 3.96. The topological polar surface area (TPSA) is 137 Å². The number of nitrogen functional groups attached to an aromatic ring is 1. The Morgan fingerprint density at radius 1 is 1.34 bits per heavy atom. The number of hydrogen-bond donors (Lipinski definition) is 5. The molecule has 1 saturated heterocycles.